The Morgan fingerprint density at radius 2 is 2.15 bits per heavy atom. The molecule has 1 spiro atoms. The Kier molecular flexibility index (Phi) is 5.76. The highest BCUT2D eigenvalue weighted by molar-refractivity contribution is 6.30. The van der Waals surface area contributed by atoms with Gasteiger partial charge in [0.2, 0.25) is 0 Å². The second-order valence-electron chi connectivity index (χ2n) is 8.92. The van der Waals surface area contributed by atoms with Crippen LogP contribution in [0.5, 0.6) is 5.75 Å². The smallest absolute Gasteiger partial charge is 0.254 e. The molecule has 2 fully saturated rings. The number of amides is 1. The maximum Gasteiger partial charge on any atom is 0.254 e. The highest BCUT2D eigenvalue weighted by atomic mass is 35.5. The van der Waals surface area contributed by atoms with Gasteiger partial charge < -0.3 is 23.9 Å². The molecule has 174 valence electrons. The molecule has 9 heteroatoms. The Hall–Kier alpha value is -2.68. The lowest BCUT2D eigenvalue weighted by molar-refractivity contribution is -0.154. The third-order valence-corrected chi connectivity index (χ3v) is 6.70. The predicted octanol–water partition coefficient (Wildman–Crippen LogP) is 3.42. The number of carbonyl (C=O) groups is 1. The molecule has 1 saturated carbocycles. The van der Waals surface area contributed by atoms with E-state index in [0.717, 1.165) is 5.69 Å². The SMILES string of the molecule is COc1cc(C(=O)N2CC(C)OCC23CC(O)C3)cc2nc(CCc3cc(Cl)ccn3)oc12. The second-order valence-corrected chi connectivity index (χ2v) is 9.36. The van der Waals surface area contributed by atoms with E-state index in [1.165, 1.54) is 0 Å². The quantitative estimate of drug-likeness (QED) is 0.608. The van der Waals surface area contributed by atoms with Crippen LogP contribution >= 0.6 is 11.6 Å². The number of benzene rings is 1. The molecule has 33 heavy (non-hydrogen) atoms. The van der Waals surface area contributed by atoms with Gasteiger partial charge in [-0.1, -0.05) is 11.6 Å². The zero-order valence-corrected chi connectivity index (χ0v) is 19.3. The lowest BCUT2D eigenvalue weighted by atomic mass is 9.72. The van der Waals surface area contributed by atoms with Crippen molar-refractivity contribution in [1.29, 1.82) is 0 Å². The number of ether oxygens (including phenoxy) is 2. The number of hydrogen-bond acceptors (Lipinski definition) is 7. The van der Waals surface area contributed by atoms with Crippen molar-refractivity contribution in [3.63, 3.8) is 0 Å². The molecule has 1 unspecified atom stereocenters. The van der Waals surface area contributed by atoms with Crippen LogP contribution in [0.2, 0.25) is 5.02 Å². The van der Waals surface area contributed by atoms with Crippen LogP contribution in [0.15, 0.2) is 34.9 Å². The van der Waals surface area contributed by atoms with Gasteiger partial charge in [0, 0.05) is 35.4 Å². The number of halogens is 1. The molecular formula is C24H26ClN3O5. The van der Waals surface area contributed by atoms with E-state index < -0.39 is 11.6 Å². The van der Waals surface area contributed by atoms with E-state index in [1.54, 1.807) is 31.5 Å². The maximum atomic E-state index is 13.6. The molecule has 1 amide bonds. The van der Waals surface area contributed by atoms with Crippen molar-refractivity contribution in [3.8, 4) is 5.75 Å². The topological polar surface area (TPSA) is 97.9 Å². The van der Waals surface area contributed by atoms with Crippen molar-refractivity contribution in [2.45, 2.75) is 50.4 Å². The number of hydrogen-bond donors (Lipinski definition) is 1. The Bertz CT molecular complexity index is 1190. The molecule has 8 nitrogen and oxygen atoms in total. The first-order chi connectivity index (χ1) is 15.9. The number of methoxy groups -OCH3 is 1. The molecule has 1 aliphatic carbocycles. The highest BCUT2D eigenvalue weighted by Crippen LogP contribution is 2.42. The summed E-state index contributed by atoms with van der Waals surface area (Å²) in [5.74, 6) is 0.873. The number of oxazole rings is 1. The van der Waals surface area contributed by atoms with Gasteiger partial charge >= 0.3 is 0 Å². The number of pyridine rings is 1. The summed E-state index contributed by atoms with van der Waals surface area (Å²) >= 11 is 6.04. The maximum absolute atomic E-state index is 13.6. The summed E-state index contributed by atoms with van der Waals surface area (Å²) in [5.41, 5.74) is 1.94. The fraction of sp³-hybridized carbons (Fsp3) is 0.458. The number of aliphatic hydroxyl groups is 1. The molecule has 3 aromatic rings. The van der Waals surface area contributed by atoms with E-state index in [9.17, 15) is 9.90 Å². The van der Waals surface area contributed by atoms with Crippen LogP contribution in [0.25, 0.3) is 11.1 Å². The molecule has 5 rings (SSSR count). The van der Waals surface area contributed by atoms with Gasteiger partial charge in [-0.3, -0.25) is 9.78 Å². The molecule has 1 aromatic carbocycles. The summed E-state index contributed by atoms with van der Waals surface area (Å²) < 4.78 is 17.3. The summed E-state index contributed by atoms with van der Waals surface area (Å²) in [5, 5.41) is 10.6. The van der Waals surface area contributed by atoms with E-state index in [-0.39, 0.29) is 12.0 Å². The zero-order valence-electron chi connectivity index (χ0n) is 18.6. The summed E-state index contributed by atoms with van der Waals surface area (Å²) in [6, 6.07) is 6.99. The second kappa shape index (κ2) is 8.59. The Balaban J connectivity index is 1.42. The van der Waals surface area contributed by atoms with Crippen molar-refractivity contribution >= 4 is 28.6 Å². The molecule has 0 bridgehead atoms. The van der Waals surface area contributed by atoms with Crippen LogP contribution in [0.1, 0.15) is 41.7 Å². The predicted molar refractivity (Wildman–Crippen MR) is 122 cm³/mol. The number of aromatic nitrogens is 2. The lowest BCUT2D eigenvalue weighted by Gasteiger charge is -2.55. The Morgan fingerprint density at radius 3 is 2.88 bits per heavy atom. The van der Waals surface area contributed by atoms with Crippen molar-refractivity contribution in [1.82, 2.24) is 14.9 Å². The van der Waals surface area contributed by atoms with Crippen molar-refractivity contribution in [3.05, 3.63) is 52.6 Å². The molecular weight excluding hydrogens is 446 g/mol. The first-order valence-electron chi connectivity index (χ1n) is 11.1. The summed E-state index contributed by atoms with van der Waals surface area (Å²) in [6.45, 7) is 2.86. The number of nitrogens with zero attached hydrogens (tertiary/aromatic N) is 3. The van der Waals surface area contributed by atoms with Crippen LogP contribution in [-0.2, 0) is 17.6 Å². The minimum absolute atomic E-state index is 0.0679. The number of morpholine rings is 1. The molecule has 2 aliphatic rings. The molecule has 2 aromatic heterocycles. The van der Waals surface area contributed by atoms with E-state index in [2.05, 4.69) is 9.97 Å². The highest BCUT2D eigenvalue weighted by Gasteiger charge is 2.52. The lowest BCUT2D eigenvalue weighted by Crippen LogP contribution is -2.68. The normalized spacial score (nSPS) is 24.8. The monoisotopic (exact) mass is 471 g/mol. The first-order valence-corrected chi connectivity index (χ1v) is 11.4. The van der Waals surface area contributed by atoms with Gasteiger partial charge in [-0.2, -0.15) is 0 Å². The summed E-state index contributed by atoms with van der Waals surface area (Å²) in [6.07, 6.45) is 3.41. The number of fused-ring (bicyclic) bond motifs is 1. The minimum Gasteiger partial charge on any atom is -0.493 e. The standard InChI is InChI=1S/C24H26ClN3O5/c1-14-12-28(24(13-32-14)10-18(29)11-24)23(30)15-7-19-22(20(8-15)31-2)33-21(27-19)4-3-17-9-16(25)5-6-26-17/h5-9,14,18,29H,3-4,10-13H2,1-2H3. The van der Waals surface area contributed by atoms with Crippen LogP contribution < -0.4 is 4.74 Å². The van der Waals surface area contributed by atoms with E-state index in [4.69, 9.17) is 25.5 Å². The van der Waals surface area contributed by atoms with Crippen LogP contribution in [-0.4, -0.2) is 63.9 Å². The third-order valence-electron chi connectivity index (χ3n) is 6.47. The van der Waals surface area contributed by atoms with Gasteiger partial charge in [0.1, 0.15) is 5.52 Å². The number of aryl methyl sites for hydroxylation is 2. The van der Waals surface area contributed by atoms with Gasteiger partial charge in [-0.15, -0.1) is 0 Å². The van der Waals surface area contributed by atoms with Gasteiger partial charge in [-0.05, 0) is 50.5 Å². The Labute approximate surface area is 196 Å². The van der Waals surface area contributed by atoms with Crippen LogP contribution in [0.4, 0.5) is 0 Å². The Morgan fingerprint density at radius 1 is 1.33 bits per heavy atom. The summed E-state index contributed by atoms with van der Waals surface area (Å²) in [4.78, 5) is 24.3. The van der Waals surface area contributed by atoms with Gasteiger partial charge in [-0.25, -0.2) is 4.98 Å². The van der Waals surface area contributed by atoms with E-state index in [1.807, 2.05) is 17.9 Å². The first kappa shape index (κ1) is 22.1. The van der Waals surface area contributed by atoms with Crippen molar-refractivity contribution in [2.75, 3.05) is 20.3 Å². The molecule has 1 atom stereocenters. The van der Waals surface area contributed by atoms with E-state index >= 15 is 0 Å². The fourth-order valence-corrected chi connectivity index (χ4v) is 4.92. The van der Waals surface area contributed by atoms with Crippen LogP contribution in [0, 0.1) is 0 Å². The van der Waals surface area contributed by atoms with Gasteiger partial charge in [0.25, 0.3) is 5.91 Å². The molecule has 1 N–H and O–H groups in total. The van der Waals surface area contributed by atoms with Gasteiger partial charge in [0.05, 0.1) is 31.5 Å². The molecule has 3 heterocycles. The summed E-state index contributed by atoms with van der Waals surface area (Å²) in [7, 11) is 1.54. The van der Waals surface area contributed by atoms with Crippen LogP contribution in [0.3, 0.4) is 0 Å². The van der Waals surface area contributed by atoms with Gasteiger partial charge in [0.15, 0.2) is 17.2 Å². The molecule has 1 saturated heterocycles. The van der Waals surface area contributed by atoms with Crippen molar-refractivity contribution in [2.24, 2.45) is 0 Å². The number of carbonyl (C=O) groups excluding carboxylic acids is 1. The molecule has 1 aliphatic heterocycles. The fourth-order valence-electron chi connectivity index (χ4n) is 4.74. The average molecular weight is 472 g/mol. The number of aliphatic hydroxyl groups excluding tert-OH is 1. The van der Waals surface area contributed by atoms with Crippen molar-refractivity contribution < 1.29 is 23.8 Å². The molecule has 0 radical (unpaired) electrons. The third kappa shape index (κ3) is 4.18. The number of rotatable bonds is 5. The minimum atomic E-state index is -0.454. The van der Waals surface area contributed by atoms with E-state index in [0.29, 0.717) is 72.2 Å². The zero-order chi connectivity index (χ0) is 23.2. The largest absolute Gasteiger partial charge is 0.493 e. The average Bonchev–Trinajstić information content (AvgIpc) is 3.20.